The Morgan fingerprint density at radius 2 is 1.21 bits per heavy atom. The van der Waals surface area contributed by atoms with Gasteiger partial charge in [0.1, 0.15) is 12.1 Å². The summed E-state index contributed by atoms with van der Waals surface area (Å²) in [5.41, 5.74) is 10.7. The van der Waals surface area contributed by atoms with Crippen LogP contribution in [0.25, 0.3) is 0 Å². The highest BCUT2D eigenvalue weighted by molar-refractivity contribution is 5.85. The van der Waals surface area contributed by atoms with Crippen LogP contribution in [-0.2, 0) is 28.7 Å². The van der Waals surface area contributed by atoms with Crippen LogP contribution in [0.4, 0.5) is 0 Å². The van der Waals surface area contributed by atoms with Crippen LogP contribution in [0, 0.1) is 5.92 Å². The first kappa shape index (κ1) is 33.0. The molecule has 2 amide bonds. The summed E-state index contributed by atoms with van der Waals surface area (Å²) in [6, 6.07) is -1.09. The molecule has 0 heterocycles. The lowest BCUT2D eigenvalue weighted by molar-refractivity contribution is -0.146. The van der Waals surface area contributed by atoms with Crippen molar-refractivity contribution in [2.45, 2.75) is 90.6 Å². The normalized spacial score (nSPS) is 12.9. The Bertz CT molecular complexity index is 559. The number of nitrogens with two attached hydrogens (primary N) is 2. The van der Waals surface area contributed by atoms with Crippen molar-refractivity contribution in [1.82, 2.24) is 10.6 Å². The lowest BCUT2D eigenvalue weighted by Gasteiger charge is -2.19. The van der Waals surface area contributed by atoms with Gasteiger partial charge in [0.2, 0.25) is 11.8 Å². The van der Waals surface area contributed by atoms with Crippen LogP contribution in [0.5, 0.6) is 0 Å². The number of rotatable bonds is 16. The quantitative estimate of drug-likeness (QED) is 0.193. The summed E-state index contributed by atoms with van der Waals surface area (Å²) in [6.45, 7) is 6.54. The molecule has 3 atom stereocenters. The Labute approximate surface area is 198 Å². The summed E-state index contributed by atoms with van der Waals surface area (Å²) in [7, 11) is 2.64. The van der Waals surface area contributed by atoms with E-state index >= 15 is 0 Å². The van der Waals surface area contributed by atoms with Gasteiger partial charge in [0.25, 0.3) is 0 Å². The molecule has 0 saturated heterocycles. The third-order valence-electron chi connectivity index (χ3n) is 5.00. The largest absolute Gasteiger partial charge is 0.467 e. The van der Waals surface area contributed by atoms with Gasteiger partial charge in [-0.05, 0) is 58.0 Å². The van der Waals surface area contributed by atoms with E-state index in [4.69, 9.17) is 16.2 Å². The van der Waals surface area contributed by atoms with Crippen LogP contribution in [0.2, 0.25) is 0 Å². The second-order valence-corrected chi connectivity index (χ2v) is 7.97. The Morgan fingerprint density at radius 3 is 1.58 bits per heavy atom. The number of esters is 2. The van der Waals surface area contributed by atoms with Crippen LogP contribution in [0.1, 0.15) is 78.6 Å². The smallest absolute Gasteiger partial charge is 0.328 e. The Hall–Kier alpha value is -2.20. The van der Waals surface area contributed by atoms with Gasteiger partial charge in [0.15, 0.2) is 0 Å². The van der Waals surface area contributed by atoms with Gasteiger partial charge in [-0.2, -0.15) is 0 Å². The molecule has 194 valence electrons. The second-order valence-electron chi connectivity index (χ2n) is 7.97. The van der Waals surface area contributed by atoms with Crippen LogP contribution < -0.4 is 22.1 Å². The van der Waals surface area contributed by atoms with Crippen molar-refractivity contribution in [2.24, 2.45) is 17.4 Å². The lowest BCUT2D eigenvalue weighted by atomic mass is 10.0. The topological polar surface area (TPSA) is 163 Å². The minimum absolute atomic E-state index is 0.0679. The van der Waals surface area contributed by atoms with E-state index in [1.165, 1.54) is 21.1 Å². The molecule has 0 aromatic rings. The van der Waals surface area contributed by atoms with Crippen molar-refractivity contribution >= 4 is 23.8 Å². The van der Waals surface area contributed by atoms with Crippen LogP contribution >= 0.6 is 0 Å². The number of ether oxygens (including phenoxy) is 2. The van der Waals surface area contributed by atoms with Crippen molar-refractivity contribution in [1.29, 1.82) is 0 Å². The maximum absolute atomic E-state index is 12.0. The molecule has 0 spiro atoms. The van der Waals surface area contributed by atoms with Gasteiger partial charge in [0, 0.05) is 12.8 Å². The highest BCUT2D eigenvalue weighted by atomic mass is 16.5. The Morgan fingerprint density at radius 1 is 0.758 bits per heavy atom. The SMILES string of the molecule is CCCCC(C)C(=O)NC(CCCCN)C(=O)OC.COC(=O)C(CCCCN)NC(C)=O. The highest BCUT2D eigenvalue weighted by Crippen LogP contribution is 2.10. The van der Waals surface area contributed by atoms with Crippen molar-refractivity contribution < 1.29 is 28.7 Å². The van der Waals surface area contributed by atoms with E-state index in [1.54, 1.807) is 0 Å². The maximum atomic E-state index is 12.0. The molecule has 3 unspecified atom stereocenters. The zero-order valence-corrected chi connectivity index (χ0v) is 21.1. The van der Waals surface area contributed by atoms with Gasteiger partial charge in [-0.15, -0.1) is 0 Å². The minimum Gasteiger partial charge on any atom is -0.467 e. The molecule has 0 aliphatic carbocycles. The van der Waals surface area contributed by atoms with E-state index in [2.05, 4.69) is 22.3 Å². The summed E-state index contributed by atoms with van der Waals surface area (Å²) in [4.78, 5) is 45.5. The van der Waals surface area contributed by atoms with E-state index in [0.29, 0.717) is 25.9 Å². The first-order valence-electron chi connectivity index (χ1n) is 11.8. The number of carbonyl (C=O) groups excluding carboxylic acids is 4. The van der Waals surface area contributed by atoms with Gasteiger partial charge < -0.3 is 31.6 Å². The van der Waals surface area contributed by atoms with Gasteiger partial charge >= 0.3 is 11.9 Å². The summed E-state index contributed by atoms with van der Waals surface area (Å²) in [5.74, 6) is -1.16. The predicted molar refractivity (Wildman–Crippen MR) is 128 cm³/mol. The monoisotopic (exact) mass is 474 g/mol. The van der Waals surface area contributed by atoms with Crippen LogP contribution in [0.15, 0.2) is 0 Å². The number of hydrogen-bond donors (Lipinski definition) is 4. The molecule has 0 radical (unpaired) electrons. The van der Waals surface area contributed by atoms with E-state index in [9.17, 15) is 19.2 Å². The molecule has 0 fully saturated rings. The number of carbonyl (C=O) groups is 4. The predicted octanol–water partition coefficient (Wildman–Crippen LogP) is 1.39. The Kier molecular flexibility index (Phi) is 21.6. The fourth-order valence-corrected chi connectivity index (χ4v) is 2.97. The zero-order valence-electron chi connectivity index (χ0n) is 21.1. The third kappa shape index (κ3) is 18.0. The summed E-state index contributed by atoms with van der Waals surface area (Å²) < 4.78 is 9.28. The molecular formula is C23H46N4O6. The lowest BCUT2D eigenvalue weighted by Crippen LogP contribution is -2.43. The molecule has 0 bridgehead atoms. The van der Waals surface area contributed by atoms with Gasteiger partial charge in [-0.25, -0.2) is 9.59 Å². The molecule has 0 aromatic heterocycles. The molecule has 0 aliphatic rings. The number of methoxy groups -OCH3 is 2. The molecule has 0 aliphatic heterocycles. The number of unbranched alkanes of at least 4 members (excludes halogenated alkanes) is 3. The van der Waals surface area contributed by atoms with E-state index in [0.717, 1.165) is 44.9 Å². The first-order chi connectivity index (χ1) is 15.7. The molecule has 0 aromatic carbocycles. The van der Waals surface area contributed by atoms with Crippen molar-refractivity contribution in [3.8, 4) is 0 Å². The van der Waals surface area contributed by atoms with Crippen molar-refractivity contribution in [3.05, 3.63) is 0 Å². The van der Waals surface area contributed by atoms with Crippen molar-refractivity contribution in [3.63, 3.8) is 0 Å². The second kappa shape index (κ2) is 21.6. The number of amides is 2. The van der Waals surface area contributed by atoms with Crippen molar-refractivity contribution in [2.75, 3.05) is 27.3 Å². The molecule has 10 heteroatoms. The molecular weight excluding hydrogens is 428 g/mol. The molecule has 0 rings (SSSR count). The number of nitrogens with one attached hydrogen (secondary N) is 2. The standard InChI is InChI=1S/C14H28N2O3.C9H18N2O3/c1-4-5-8-11(2)13(17)16-12(14(18)19-3)9-6-7-10-15;1-7(12)11-8(9(13)14-2)5-3-4-6-10/h11-12H,4-10,15H2,1-3H3,(H,16,17);8H,3-6,10H2,1-2H3,(H,11,12). The molecule has 0 saturated carbocycles. The summed E-state index contributed by atoms with van der Waals surface area (Å²) in [5, 5.41) is 5.32. The van der Waals surface area contributed by atoms with Gasteiger partial charge in [-0.3, -0.25) is 9.59 Å². The fourth-order valence-electron chi connectivity index (χ4n) is 2.97. The summed E-state index contributed by atoms with van der Waals surface area (Å²) in [6.07, 6.45) is 7.37. The van der Waals surface area contributed by atoms with E-state index in [1.807, 2.05) is 6.92 Å². The Balaban J connectivity index is 0. The van der Waals surface area contributed by atoms with E-state index < -0.39 is 18.1 Å². The highest BCUT2D eigenvalue weighted by Gasteiger charge is 2.23. The van der Waals surface area contributed by atoms with Gasteiger partial charge in [0.05, 0.1) is 14.2 Å². The minimum atomic E-state index is -0.548. The number of hydrogen-bond acceptors (Lipinski definition) is 8. The molecule has 10 nitrogen and oxygen atoms in total. The van der Waals surface area contributed by atoms with Crippen LogP contribution in [0.3, 0.4) is 0 Å². The first-order valence-corrected chi connectivity index (χ1v) is 11.8. The van der Waals surface area contributed by atoms with Gasteiger partial charge in [-0.1, -0.05) is 26.7 Å². The maximum Gasteiger partial charge on any atom is 0.328 e. The summed E-state index contributed by atoms with van der Waals surface area (Å²) >= 11 is 0. The average molecular weight is 475 g/mol. The van der Waals surface area contributed by atoms with Crippen LogP contribution in [-0.4, -0.2) is 63.1 Å². The average Bonchev–Trinajstić information content (AvgIpc) is 2.80. The third-order valence-corrected chi connectivity index (χ3v) is 5.00. The molecule has 6 N–H and O–H groups in total. The zero-order chi connectivity index (χ0) is 25.6. The molecule has 33 heavy (non-hydrogen) atoms. The fraction of sp³-hybridized carbons (Fsp3) is 0.826. The van der Waals surface area contributed by atoms with E-state index in [-0.39, 0.29) is 23.7 Å².